The second-order valence-electron chi connectivity index (χ2n) is 5.81. The molecule has 0 radical (unpaired) electrons. The second-order valence-corrected chi connectivity index (χ2v) is 5.81. The highest BCUT2D eigenvalue weighted by molar-refractivity contribution is 5.91. The molecule has 0 aliphatic rings. The topological polar surface area (TPSA) is 84.5 Å². The molecule has 146 valence electrons. The van der Waals surface area contributed by atoms with Gasteiger partial charge in [-0.05, 0) is 17.7 Å². The maximum atomic E-state index is 13.4. The quantitative estimate of drug-likeness (QED) is 0.513. The van der Waals surface area contributed by atoms with Gasteiger partial charge in [0.05, 0.1) is 6.42 Å². The van der Waals surface area contributed by atoms with Crippen LogP contribution in [-0.4, -0.2) is 30.9 Å². The van der Waals surface area contributed by atoms with Crippen molar-refractivity contribution in [1.82, 2.24) is 10.6 Å². The lowest BCUT2D eigenvalue weighted by atomic mass is 10.2. The van der Waals surface area contributed by atoms with Gasteiger partial charge in [0.2, 0.25) is 5.91 Å². The molecule has 0 fully saturated rings. The largest absolute Gasteiger partial charge is 0.456 e. The lowest BCUT2D eigenvalue weighted by Gasteiger charge is -2.07. The van der Waals surface area contributed by atoms with Crippen molar-refractivity contribution in [3.8, 4) is 0 Å². The van der Waals surface area contributed by atoms with Crippen molar-refractivity contribution < 1.29 is 23.5 Å². The first-order valence-electron chi connectivity index (χ1n) is 8.71. The van der Waals surface area contributed by atoms with Gasteiger partial charge in [-0.25, -0.2) is 4.39 Å². The molecule has 2 rings (SSSR count). The Labute approximate surface area is 162 Å². The van der Waals surface area contributed by atoms with E-state index < -0.39 is 24.3 Å². The van der Waals surface area contributed by atoms with E-state index in [0.29, 0.717) is 5.56 Å². The molecule has 2 amide bonds. The maximum Gasteiger partial charge on any atom is 0.308 e. The number of rotatable bonds is 9. The molecule has 0 saturated heterocycles. The van der Waals surface area contributed by atoms with E-state index in [1.807, 2.05) is 30.3 Å². The van der Waals surface area contributed by atoms with E-state index in [9.17, 15) is 18.8 Å². The van der Waals surface area contributed by atoms with Crippen LogP contribution in [0.15, 0.2) is 60.7 Å². The molecule has 0 atom stereocenters. The van der Waals surface area contributed by atoms with Gasteiger partial charge in [0.25, 0.3) is 5.91 Å². The zero-order valence-corrected chi connectivity index (χ0v) is 15.2. The second kappa shape index (κ2) is 11.3. The Kier molecular flexibility index (Phi) is 8.39. The van der Waals surface area contributed by atoms with E-state index >= 15 is 0 Å². The molecule has 28 heavy (non-hydrogen) atoms. The summed E-state index contributed by atoms with van der Waals surface area (Å²) >= 11 is 0. The van der Waals surface area contributed by atoms with Crippen LogP contribution in [0.5, 0.6) is 0 Å². The molecule has 0 aliphatic carbocycles. The summed E-state index contributed by atoms with van der Waals surface area (Å²) in [7, 11) is 0. The van der Waals surface area contributed by atoms with Crippen LogP contribution in [0.25, 0.3) is 6.08 Å². The van der Waals surface area contributed by atoms with Crippen molar-refractivity contribution in [2.24, 2.45) is 0 Å². The summed E-state index contributed by atoms with van der Waals surface area (Å²) in [6.45, 7) is -0.365. The number of carbonyl (C=O) groups is 3. The maximum absolute atomic E-state index is 13.4. The number of hydrogen-bond donors (Lipinski definition) is 2. The number of ether oxygens (including phenoxy) is 1. The van der Waals surface area contributed by atoms with Gasteiger partial charge < -0.3 is 15.4 Å². The van der Waals surface area contributed by atoms with Gasteiger partial charge in [-0.1, -0.05) is 48.5 Å². The van der Waals surface area contributed by atoms with Gasteiger partial charge in [0, 0.05) is 24.7 Å². The lowest BCUT2D eigenvalue weighted by Crippen LogP contribution is -2.30. The standard InChI is InChI=1S/C21H21FN2O4/c22-18-9-5-4-8-17(18)14-24-20(26)15-28-21(27)12-13-23-19(25)11-10-16-6-2-1-3-7-16/h1-11H,12-15H2,(H,23,25)(H,24,26)/b11-10+. The van der Waals surface area contributed by atoms with Crippen molar-refractivity contribution in [2.45, 2.75) is 13.0 Å². The number of hydrogen-bond acceptors (Lipinski definition) is 4. The van der Waals surface area contributed by atoms with Crippen molar-refractivity contribution >= 4 is 23.9 Å². The molecule has 0 aliphatic heterocycles. The average Bonchev–Trinajstić information content (AvgIpc) is 2.71. The fourth-order valence-corrected chi connectivity index (χ4v) is 2.19. The number of benzene rings is 2. The molecule has 0 saturated carbocycles. The van der Waals surface area contributed by atoms with Gasteiger partial charge in [0.15, 0.2) is 6.61 Å². The van der Waals surface area contributed by atoms with Crippen LogP contribution in [0, 0.1) is 5.82 Å². The molecule has 0 spiro atoms. The third kappa shape index (κ3) is 7.82. The number of esters is 1. The van der Waals surface area contributed by atoms with Gasteiger partial charge in [-0.3, -0.25) is 14.4 Å². The Balaban J connectivity index is 1.59. The Bertz CT molecular complexity index is 837. The van der Waals surface area contributed by atoms with Crippen LogP contribution in [0.3, 0.4) is 0 Å². The van der Waals surface area contributed by atoms with Crippen LogP contribution >= 0.6 is 0 Å². The highest BCUT2D eigenvalue weighted by Gasteiger charge is 2.09. The molecule has 6 nitrogen and oxygen atoms in total. The molecule has 0 heterocycles. The summed E-state index contributed by atoms with van der Waals surface area (Å²) in [5, 5.41) is 5.02. The third-order valence-corrected chi connectivity index (χ3v) is 3.65. The van der Waals surface area contributed by atoms with E-state index in [-0.39, 0.29) is 25.4 Å². The fourth-order valence-electron chi connectivity index (χ4n) is 2.19. The molecule has 2 N–H and O–H groups in total. The number of amides is 2. The Morgan fingerprint density at radius 3 is 2.43 bits per heavy atom. The highest BCUT2D eigenvalue weighted by Crippen LogP contribution is 2.05. The normalized spacial score (nSPS) is 10.5. The third-order valence-electron chi connectivity index (χ3n) is 3.65. The van der Waals surface area contributed by atoms with Crippen molar-refractivity contribution in [2.75, 3.05) is 13.2 Å². The van der Waals surface area contributed by atoms with E-state index in [1.54, 1.807) is 24.3 Å². The number of carbonyl (C=O) groups excluding carboxylic acids is 3. The SMILES string of the molecule is O=C(/C=C/c1ccccc1)NCCC(=O)OCC(=O)NCc1ccccc1F. The van der Waals surface area contributed by atoms with Crippen molar-refractivity contribution in [3.63, 3.8) is 0 Å². The van der Waals surface area contributed by atoms with E-state index in [1.165, 1.54) is 12.1 Å². The molecular formula is C21H21FN2O4. The predicted octanol–water partition coefficient (Wildman–Crippen LogP) is 2.20. The summed E-state index contributed by atoms with van der Waals surface area (Å²) in [6, 6.07) is 15.4. The highest BCUT2D eigenvalue weighted by atomic mass is 19.1. The average molecular weight is 384 g/mol. The van der Waals surface area contributed by atoms with Gasteiger partial charge in [-0.15, -0.1) is 0 Å². The first-order valence-corrected chi connectivity index (χ1v) is 8.71. The zero-order chi connectivity index (χ0) is 20.2. The van der Waals surface area contributed by atoms with E-state index in [4.69, 9.17) is 4.74 Å². The molecule has 2 aromatic rings. The van der Waals surface area contributed by atoms with Gasteiger partial charge >= 0.3 is 5.97 Å². The van der Waals surface area contributed by atoms with E-state index in [2.05, 4.69) is 10.6 Å². The predicted molar refractivity (Wildman–Crippen MR) is 102 cm³/mol. The van der Waals surface area contributed by atoms with Crippen molar-refractivity contribution in [3.05, 3.63) is 77.6 Å². The minimum Gasteiger partial charge on any atom is -0.456 e. The number of nitrogens with one attached hydrogen (secondary N) is 2. The number of halogens is 1. The first kappa shape index (κ1) is 20.8. The van der Waals surface area contributed by atoms with Gasteiger partial charge in [0.1, 0.15) is 5.82 Å². The van der Waals surface area contributed by atoms with Gasteiger partial charge in [-0.2, -0.15) is 0 Å². The Hall–Kier alpha value is -3.48. The smallest absolute Gasteiger partial charge is 0.308 e. The molecule has 2 aromatic carbocycles. The molecule has 0 aromatic heterocycles. The molecular weight excluding hydrogens is 363 g/mol. The summed E-state index contributed by atoms with van der Waals surface area (Å²) < 4.78 is 18.3. The van der Waals surface area contributed by atoms with Crippen molar-refractivity contribution in [1.29, 1.82) is 0 Å². The molecule has 0 unspecified atom stereocenters. The molecule has 7 heteroatoms. The minimum atomic E-state index is -0.617. The fraction of sp³-hybridized carbons (Fsp3) is 0.190. The zero-order valence-electron chi connectivity index (χ0n) is 15.2. The monoisotopic (exact) mass is 384 g/mol. The minimum absolute atomic E-state index is 0.00681. The van der Waals surface area contributed by atoms with Crippen LogP contribution in [0.1, 0.15) is 17.5 Å². The summed E-state index contributed by atoms with van der Waals surface area (Å²) in [6.07, 6.45) is 2.97. The van der Waals surface area contributed by atoms with Crippen LogP contribution in [0.2, 0.25) is 0 Å². The summed E-state index contributed by atoms with van der Waals surface area (Å²) in [5.41, 5.74) is 1.23. The molecule has 0 bridgehead atoms. The first-order chi connectivity index (χ1) is 13.5. The van der Waals surface area contributed by atoms with Crippen LogP contribution < -0.4 is 10.6 Å². The Morgan fingerprint density at radius 2 is 1.68 bits per heavy atom. The van der Waals surface area contributed by atoms with Crippen LogP contribution in [-0.2, 0) is 25.7 Å². The summed E-state index contributed by atoms with van der Waals surface area (Å²) in [4.78, 5) is 34.9. The summed E-state index contributed by atoms with van der Waals surface area (Å²) in [5.74, 6) is -1.91. The van der Waals surface area contributed by atoms with Crippen LogP contribution in [0.4, 0.5) is 4.39 Å². The van der Waals surface area contributed by atoms with E-state index in [0.717, 1.165) is 5.56 Å². The Morgan fingerprint density at radius 1 is 0.964 bits per heavy atom. The lowest BCUT2D eigenvalue weighted by molar-refractivity contribution is -0.148.